The second-order valence-corrected chi connectivity index (χ2v) is 2.93. The second kappa shape index (κ2) is 4.02. The molecule has 5 heteroatoms. The summed E-state index contributed by atoms with van der Waals surface area (Å²) in [6.45, 7) is 0.276. The highest BCUT2D eigenvalue weighted by molar-refractivity contribution is 6.06. The van der Waals surface area contributed by atoms with E-state index >= 15 is 0 Å². The van der Waals surface area contributed by atoms with Gasteiger partial charge in [0.15, 0.2) is 5.76 Å². The maximum absolute atomic E-state index is 11.8. The van der Waals surface area contributed by atoms with Crippen LogP contribution in [0.2, 0.25) is 0 Å². The minimum Gasteiger partial charge on any atom is -0.456 e. The molecule has 0 aliphatic carbocycles. The molecule has 5 nitrogen and oxygen atoms in total. The number of aromatic nitrogens is 2. The fraction of sp³-hybridized carbons (Fsp3) is 0.100. The van der Waals surface area contributed by atoms with Gasteiger partial charge >= 0.3 is 0 Å². The standard InChI is InChI=1S/C10H9N3O2/c11-3-8-1-2-9(15-8)10(14)7-4-12-6-13-5-7/h1-2,4-6H,3,11H2. The van der Waals surface area contributed by atoms with Gasteiger partial charge in [0, 0.05) is 12.4 Å². The Morgan fingerprint density at radius 3 is 2.67 bits per heavy atom. The van der Waals surface area contributed by atoms with Crippen molar-refractivity contribution in [2.45, 2.75) is 6.54 Å². The molecule has 0 atom stereocenters. The molecular weight excluding hydrogens is 194 g/mol. The molecule has 2 N–H and O–H groups in total. The van der Waals surface area contributed by atoms with Crippen LogP contribution in [0.15, 0.2) is 35.3 Å². The summed E-state index contributed by atoms with van der Waals surface area (Å²) in [5.41, 5.74) is 5.77. The van der Waals surface area contributed by atoms with Crippen LogP contribution >= 0.6 is 0 Å². The van der Waals surface area contributed by atoms with Gasteiger partial charge in [0.2, 0.25) is 5.78 Å². The number of nitrogens with zero attached hydrogens (tertiary/aromatic N) is 2. The second-order valence-electron chi connectivity index (χ2n) is 2.93. The topological polar surface area (TPSA) is 82.0 Å². The predicted molar refractivity (Wildman–Crippen MR) is 52.1 cm³/mol. The summed E-state index contributed by atoms with van der Waals surface area (Å²) in [7, 11) is 0. The van der Waals surface area contributed by atoms with E-state index in [1.54, 1.807) is 12.1 Å². The molecule has 0 saturated carbocycles. The van der Waals surface area contributed by atoms with Gasteiger partial charge in [-0.1, -0.05) is 0 Å². The SMILES string of the molecule is NCc1ccc(C(=O)c2cncnc2)o1. The predicted octanol–water partition coefficient (Wildman–Crippen LogP) is 0.759. The van der Waals surface area contributed by atoms with Crippen molar-refractivity contribution < 1.29 is 9.21 Å². The highest BCUT2D eigenvalue weighted by atomic mass is 16.3. The minimum absolute atomic E-state index is 0.240. The Bertz CT molecular complexity index is 465. The fourth-order valence-electron chi connectivity index (χ4n) is 1.17. The van der Waals surface area contributed by atoms with E-state index in [4.69, 9.17) is 10.2 Å². The number of ketones is 1. The summed E-state index contributed by atoms with van der Waals surface area (Å²) in [6.07, 6.45) is 4.25. The van der Waals surface area contributed by atoms with Gasteiger partial charge in [-0.2, -0.15) is 0 Å². The first kappa shape index (κ1) is 9.54. The van der Waals surface area contributed by atoms with E-state index in [0.29, 0.717) is 11.3 Å². The summed E-state index contributed by atoms with van der Waals surface area (Å²) < 4.78 is 5.22. The van der Waals surface area contributed by atoms with Crippen molar-refractivity contribution >= 4 is 5.78 Å². The zero-order valence-electron chi connectivity index (χ0n) is 7.88. The van der Waals surface area contributed by atoms with E-state index in [1.807, 2.05) is 0 Å². The van der Waals surface area contributed by atoms with Crippen molar-refractivity contribution in [2.75, 3.05) is 0 Å². The third-order valence-electron chi connectivity index (χ3n) is 1.91. The number of rotatable bonds is 3. The summed E-state index contributed by atoms with van der Waals surface area (Å²) in [5.74, 6) is 0.593. The van der Waals surface area contributed by atoms with Crippen LogP contribution in [-0.4, -0.2) is 15.8 Å². The highest BCUT2D eigenvalue weighted by Gasteiger charge is 2.13. The molecule has 0 aromatic carbocycles. The van der Waals surface area contributed by atoms with Gasteiger partial charge in [-0.3, -0.25) is 4.79 Å². The average Bonchev–Trinajstić information content (AvgIpc) is 2.78. The molecule has 15 heavy (non-hydrogen) atoms. The van der Waals surface area contributed by atoms with Crippen molar-refractivity contribution in [2.24, 2.45) is 5.73 Å². The smallest absolute Gasteiger partial charge is 0.231 e. The highest BCUT2D eigenvalue weighted by Crippen LogP contribution is 2.11. The number of hydrogen-bond donors (Lipinski definition) is 1. The lowest BCUT2D eigenvalue weighted by molar-refractivity contribution is 0.101. The number of nitrogens with two attached hydrogens (primary N) is 1. The van der Waals surface area contributed by atoms with Crippen LogP contribution in [0.5, 0.6) is 0 Å². The largest absolute Gasteiger partial charge is 0.456 e. The van der Waals surface area contributed by atoms with Crippen LogP contribution in [0.4, 0.5) is 0 Å². The van der Waals surface area contributed by atoms with E-state index in [0.717, 1.165) is 0 Å². The first-order chi connectivity index (χ1) is 7.31. The van der Waals surface area contributed by atoms with E-state index in [-0.39, 0.29) is 18.1 Å². The van der Waals surface area contributed by atoms with Crippen molar-refractivity contribution in [1.29, 1.82) is 0 Å². The summed E-state index contributed by atoms with van der Waals surface area (Å²) in [4.78, 5) is 19.3. The molecule has 0 bridgehead atoms. The Hall–Kier alpha value is -2.01. The van der Waals surface area contributed by atoms with Gasteiger partial charge < -0.3 is 10.2 Å². The summed E-state index contributed by atoms with van der Waals surface area (Å²) in [5, 5.41) is 0. The normalized spacial score (nSPS) is 10.2. The molecule has 2 rings (SSSR count). The van der Waals surface area contributed by atoms with Crippen LogP contribution in [-0.2, 0) is 6.54 Å². The van der Waals surface area contributed by atoms with Crippen molar-refractivity contribution in [3.63, 3.8) is 0 Å². The van der Waals surface area contributed by atoms with Crippen LogP contribution in [0.3, 0.4) is 0 Å². The lowest BCUT2D eigenvalue weighted by Crippen LogP contribution is -2.01. The Balaban J connectivity index is 2.29. The third kappa shape index (κ3) is 1.92. The molecule has 0 aliphatic rings. The Kier molecular flexibility index (Phi) is 2.55. The molecule has 0 spiro atoms. The van der Waals surface area contributed by atoms with Gasteiger partial charge in [-0.25, -0.2) is 9.97 Å². The number of carbonyl (C=O) groups is 1. The quantitative estimate of drug-likeness (QED) is 0.744. The van der Waals surface area contributed by atoms with E-state index in [2.05, 4.69) is 9.97 Å². The molecule has 0 amide bonds. The van der Waals surface area contributed by atoms with E-state index in [9.17, 15) is 4.79 Å². The summed E-state index contributed by atoms with van der Waals surface area (Å²) >= 11 is 0. The monoisotopic (exact) mass is 203 g/mol. The van der Waals surface area contributed by atoms with E-state index < -0.39 is 0 Å². The molecule has 0 radical (unpaired) electrons. The molecule has 2 aromatic heterocycles. The van der Waals surface area contributed by atoms with Gasteiger partial charge in [0.1, 0.15) is 12.1 Å². The van der Waals surface area contributed by atoms with Crippen molar-refractivity contribution in [1.82, 2.24) is 9.97 Å². The minimum atomic E-state index is -0.240. The van der Waals surface area contributed by atoms with Crippen LogP contribution in [0.25, 0.3) is 0 Å². The third-order valence-corrected chi connectivity index (χ3v) is 1.91. The maximum Gasteiger partial charge on any atom is 0.231 e. The lowest BCUT2D eigenvalue weighted by atomic mass is 10.2. The number of carbonyl (C=O) groups excluding carboxylic acids is 1. The molecule has 2 aromatic rings. The van der Waals surface area contributed by atoms with Gasteiger partial charge in [0.05, 0.1) is 12.1 Å². The molecular formula is C10H9N3O2. The van der Waals surface area contributed by atoms with E-state index in [1.165, 1.54) is 18.7 Å². The molecule has 0 unspecified atom stereocenters. The lowest BCUT2D eigenvalue weighted by Gasteiger charge is -1.95. The molecule has 2 heterocycles. The van der Waals surface area contributed by atoms with Crippen molar-refractivity contribution in [3.05, 3.63) is 47.9 Å². The Morgan fingerprint density at radius 2 is 2.07 bits per heavy atom. The average molecular weight is 203 g/mol. The van der Waals surface area contributed by atoms with Crippen molar-refractivity contribution in [3.8, 4) is 0 Å². The van der Waals surface area contributed by atoms with Crippen LogP contribution in [0.1, 0.15) is 21.9 Å². The summed E-state index contributed by atoms with van der Waals surface area (Å²) in [6, 6.07) is 3.27. The van der Waals surface area contributed by atoms with Gasteiger partial charge in [-0.15, -0.1) is 0 Å². The first-order valence-corrected chi connectivity index (χ1v) is 4.40. The fourth-order valence-corrected chi connectivity index (χ4v) is 1.17. The number of hydrogen-bond acceptors (Lipinski definition) is 5. The molecule has 0 aliphatic heterocycles. The molecule has 0 fully saturated rings. The first-order valence-electron chi connectivity index (χ1n) is 4.40. The van der Waals surface area contributed by atoms with Gasteiger partial charge in [0.25, 0.3) is 0 Å². The molecule has 0 saturated heterocycles. The zero-order chi connectivity index (χ0) is 10.7. The zero-order valence-corrected chi connectivity index (χ0v) is 7.88. The number of furan rings is 1. The van der Waals surface area contributed by atoms with Crippen LogP contribution < -0.4 is 5.73 Å². The maximum atomic E-state index is 11.8. The van der Waals surface area contributed by atoms with Gasteiger partial charge in [-0.05, 0) is 12.1 Å². The Morgan fingerprint density at radius 1 is 1.33 bits per heavy atom. The Labute approximate surface area is 86.0 Å². The molecule has 76 valence electrons. The van der Waals surface area contributed by atoms with Crippen LogP contribution in [0, 0.1) is 0 Å².